The molecule has 20 heteroatoms. The van der Waals surface area contributed by atoms with Crippen LogP contribution in [0.25, 0.3) is 0 Å². The van der Waals surface area contributed by atoms with Gasteiger partial charge in [-0.25, -0.2) is 0 Å². The van der Waals surface area contributed by atoms with Gasteiger partial charge < -0.3 is 38.3 Å². The van der Waals surface area contributed by atoms with Gasteiger partial charge >= 0.3 is 41.8 Å². The second kappa shape index (κ2) is 36.2. The first-order valence-corrected chi connectivity index (χ1v) is 31.2. The van der Waals surface area contributed by atoms with Crippen molar-refractivity contribution in [2.75, 3.05) is 91.6 Å². The summed E-state index contributed by atoms with van der Waals surface area (Å²) in [5, 5.41) is 10.5. The van der Waals surface area contributed by atoms with E-state index in [2.05, 4.69) is 0 Å². The third-order valence-corrected chi connectivity index (χ3v) is 16.8. The number of nitrogens with zero attached hydrogens (tertiary/aromatic N) is 5. The fraction of sp³-hybridized carbons (Fsp3) is 0.389. The number of aldehydes is 1. The third-order valence-electron chi connectivity index (χ3n) is 16.8. The summed E-state index contributed by atoms with van der Waals surface area (Å²) in [6.07, 6.45) is 0.654. The first-order chi connectivity index (χ1) is 44.7. The van der Waals surface area contributed by atoms with E-state index in [-0.39, 0.29) is 137 Å². The summed E-state index contributed by atoms with van der Waals surface area (Å²) in [5.41, 5.74) is 1.89. The van der Waals surface area contributed by atoms with Crippen LogP contribution in [0.1, 0.15) is 65.5 Å². The molecular weight excluding hydrogens is 1170 g/mol. The Balaban J connectivity index is 1.21. The quantitative estimate of drug-likeness (QED) is 0.0233. The fourth-order valence-corrected chi connectivity index (χ4v) is 12.2. The lowest BCUT2D eigenvalue weighted by Crippen LogP contribution is -2.62. The number of esters is 6. The average Bonchev–Trinajstić information content (AvgIpc) is 1.44. The summed E-state index contributed by atoms with van der Waals surface area (Å²) in [6, 6.07) is 55.0. The van der Waals surface area contributed by atoms with Gasteiger partial charge in [0.25, 0.3) is 0 Å². The lowest BCUT2D eigenvalue weighted by Gasteiger charge is -2.47. The van der Waals surface area contributed by atoms with Crippen molar-refractivity contribution in [2.24, 2.45) is 11.3 Å². The van der Waals surface area contributed by atoms with Crippen LogP contribution < -0.4 is 0 Å². The molecule has 2 unspecified atom stereocenters. The number of carboxylic acid groups (broad SMARTS) is 1. The van der Waals surface area contributed by atoms with Gasteiger partial charge in [0, 0.05) is 70.7 Å². The van der Waals surface area contributed by atoms with Crippen LogP contribution in [0.3, 0.4) is 0 Å². The molecular formula is C72H83N5O15. The summed E-state index contributed by atoms with van der Waals surface area (Å²) in [6.45, 7) is -1.09. The first-order valence-electron chi connectivity index (χ1n) is 31.2. The highest BCUT2D eigenvalue weighted by Gasteiger charge is 2.48. The van der Waals surface area contributed by atoms with Gasteiger partial charge in [0.2, 0.25) is 0 Å². The van der Waals surface area contributed by atoms with Gasteiger partial charge in [-0.2, -0.15) is 0 Å². The number of benzene rings is 6. The molecule has 2 heterocycles. The number of ether oxygens (including phenoxy) is 6. The van der Waals surface area contributed by atoms with Crippen LogP contribution in [0, 0.1) is 11.3 Å². The van der Waals surface area contributed by atoms with Crippen LogP contribution in [0.2, 0.25) is 0 Å². The number of hydrogen-bond acceptors (Lipinski definition) is 19. The highest BCUT2D eigenvalue weighted by atomic mass is 16.6. The van der Waals surface area contributed by atoms with Crippen molar-refractivity contribution >= 4 is 48.1 Å². The summed E-state index contributed by atoms with van der Waals surface area (Å²) in [7, 11) is 0. The Hall–Kier alpha value is -8.92. The molecule has 2 aliphatic heterocycles. The SMILES string of the molecule is O=CCN1CCN(CC(=O)OCc2ccccc2)CC(CCCC2(N(CC(=O)OCc3ccccc3)CC(=O)OCc3ccccc3)CN(CC(=O)O)CCN(CC(=O)OCc3ccccc3)C2)(C(CC(=O)OCc2ccccc2)CC(=O)OCc2ccccc2)C1. The molecule has 2 aliphatic rings. The first kappa shape index (κ1) is 69.0. The van der Waals surface area contributed by atoms with E-state index in [1.165, 1.54) is 0 Å². The smallest absolute Gasteiger partial charge is 0.320 e. The Morgan fingerprint density at radius 3 is 1.05 bits per heavy atom. The van der Waals surface area contributed by atoms with Crippen LogP contribution in [0.15, 0.2) is 182 Å². The second-order valence-electron chi connectivity index (χ2n) is 23.7. The number of carbonyl (C=O) groups is 8. The van der Waals surface area contributed by atoms with E-state index in [0.29, 0.717) is 17.7 Å². The Morgan fingerprint density at radius 1 is 0.402 bits per heavy atom. The molecule has 2 saturated heterocycles. The molecule has 6 aromatic carbocycles. The van der Waals surface area contributed by atoms with Gasteiger partial charge in [-0.15, -0.1) is 0 Å². The van der Waals surface area contributed by atoms with Crippen molar-refractivity contribution in [1.82, 2.24) is 24.5 Å². The van der Waals surface area contributed by atoms with Crippen LogP contribution in [0.5, 0.6) is 0 Å². The number of carbonyl (C=O) groups excluding carboxylic acids is 7. The van der Waals surface area contributed by atoms with Crippen molar-refractivity contribution in [3.63, 3.8) is 0 Å². The van der Waals surface area contributed by atoms with Gasteiger partial charge in [0.15, 0.2) is 0 Å². The highest BCUT2D eigenvalue weighted by Crippen LogP contribution is 2.43. The molecule has 0 bridgehead atoms. The minimum atomic E-state index is -1.39. The predicted molar refractivity (Wildman–Crippen MR) is 340 cm³/mol. The average molecular weight is 1260 g/mol. The molecule has 0 radical (unpaired) electrons. The lowest BCUT2D eigenvalue weighted by molar-refractivity contribution is -0.156. The van der Waals surface area contributed by atoms with Crippen LogP contribution in [0.4, 0.5) is 0 Å². The largest absolute Gasteiger partial charge is 0.480 e. The molecule has 20 nitrogen and oxygen atoms in total. The molecule has 0 aromatic heterocycles. The van der Waals surface area contributed by atoms with Gasteiger partial charge in [-0.05, 0) is 57.6 Å². The minimum Gasteiger partial charge on any atom is -0.480 e. The molecule has 1 N–H and O–H groups in total. The van der Waals surface area contributed by atoms with Crippen LogP contribution in [-0.4, -0.2) is 175 Å². The maximum atomic E-state index is 14.6. The Labute approximate surface area is 537 Å². The zero-order chi connectivity index (χ0) is 64.8. The zero-order valence-corrected chi connectivity index (χ0v) is 52.1. The van der Waals surface area contributed by atoms with E-state index in [0.717, 1.165) is 28.5 Å². The molecule has 0 spiro atoms. The number of aliphatic carboxylic acids is 1. The second-order valence-corrected chi connectivity index (χ2v) is 23.7. The third kappa shape index (κ3) is 23.1. The summed E-state index contributed by atoms with van der Waals surface area (Å²) in [5.74, 6) is -5.73. The highest BCUT2D eigenvalue weighted by molar-refractivity contribution is 5.76. The van der Waals surface area contributed by atoms with E-state index in [4.69, 9.17) is 28.4 Å². The Bertz CT molecular complexity index is 3170. The van der Waals surface area contributed by atoms with Crippen molar-refractivity contribution in [1.29, 1.82) is 0 Å². The van der Waals surface area contributed by atoms with E-state index < -0.39 is 78.3 Å². The molecule has 92 heavy (non-hydrogen) atoms. The molecule has 0 amide bonds. The topological polar surface area (TPSA) is 228 Å². The summed E-state index contributed by atoms with van der Waals surface area (Å²) >= 11 is 0. The number of hydrogen-bond donors (Lipinski definition) is 1. The molecule has 6 aromatic rings. The fourth-order valence-electron chi connectivity index (χ4n) is 12.2. The number of carboxylic acids is 1. The molecule has 8 rings (SSSR count). The summed E-state index contributed by atoms with van der Waals surface area (Å²) < 4.78 is 35.6. The maximum Gasteiger partial charge on any atom is 0.320 e. The Kier molecular flexibility index (Phi) is 27.1. The molecule has 0 aliphatic carbocycles. The van der Waals surface area contributed by atoms with Gasteiger partial charge in [-0.1, -0.05) is 188 Å². The van der Waals surface area contributed by atoms with E-state index >= 15 is 0 Å². The normalized spacial score (nSPS) is 17.4. The van der Waals surface area contributed by atoms with Crippen molar-refractivity contribution in [3.8, 4) is 0 Å². The van der Waals surface area contributed by atoms with Gasteiger partial charge in [0.05, 0.1) is 39.3 Å². The Morgan fingerprint density at radius 2 is 0.707 bits per heavy atom. The van der Waals surface area contributed by atoms with Crippen LogP contribution in [-0.2, 0) is 106 Å². The van der Waals surface area contributed by atoms with Crippen molar-refractivity contribution in [2.45, 2.75) is 77.3 Å². The maximum absolute atomic E-state index is 14.6. The van der Waals surface area contributed by atoms with Gasteiger partial charge in [0.1, 0.15) is 45.9 Å². The molecule has 2 fully saturated rings. The van der Waals surface area contributed by atoms with E-state index in [1.807, 2.05) is 197 Å². The van der Waals surface area contributed by atoms with Gasteiger partial charge in [-0.3, -0.25) is 58.1 Å². The lowest BCUT2D eigenvalue weighted by atomic mass is 9.67. The standard InChI is InChI=1S/C72H83N5O15/c78-39-38-73-34-35-75(43-67(83)89-49-59-24-11-3-12-25-59)54-71(53-73,63(40-65(81)87-47-57-20-7-1-8-21-57)41-66(82)88-48-58-22-9-2-10-23-58)32-19-33-72(55-74(42-64(79)80)36-37-76(56-72)44-68(84)90-50-60-26-13-4-14-27-60)77(45-69(85)91-51-61-28-15-5-16-29-61)46-70(86)92-52-62-30-17-6-18-31-62/h1-18,20-31,39,63H,19,32-38,40-56H2,(H,79,80). The molecule has 0 saturated carbocycles. The van der Waals surface area contributed by atoms with Crippen molar-refractivity contribution < 1.29 is 71.9 Å². The van der Waals surface area contributed by atoms with Crippen molar-refractivity contribution in [3.05, 3.63) is 215 Å². The molecule has 486 valence electrons. The zero-order valence-electron chi connectivity index (χ0n) is 52.1. The minimum absolute atomic E-state index is 0.00775. The van der Waals surface area contributed by atoms with E-state index in [1.54, 1.807) is 9.80 Å². The number of rotatable bonds is 34. The monoisotopic (exact) mass is 1260 g/mol. The summed E-state index contributed by atoms with van der Waals surface area (Å²) in [4.78, 5) is 121. The predicted octanol–water partition coefficient (Wildman–Crippen LogP) is 7.56. The van der Waals surface area contributed by atoms with Crippen LogP contribution >= 0.6 is 0 Å². The van der Waals surface area contributed by atoms with E-state index in [9.17, 15) is 43.5 Å². The molecule has 2 atom stereocenters.